The van der Waals surface area contributed by atoms with Crippen molar-refractivity contribution in [3.63, 3.8) is 0 Å². The Morgan fingerprint density at radius 3 is 2.69 bits per heavy atom. The van der Waals surface area contributed by atoms with Crippen molar-refractivity contribution in [3.05, 3.63) is 53.6 Å². The van der Waals surface area contributed by atoms with Crippen molar-refractivity contribution < 1.29 is 19.0 Å². The lowest BCUT2D eigenvalue weighted by Crippen LogP contribution is -2.24. The van der Waals surface area contributed by atoms with Crippen LogP contribution in [0.5, 0.6) is 17.2 Å². The van der Waals surface area contributed by atoms with Crippen molar-refractivity contribution >= 4 is 11.6 Å². The zero-order chi connectivity index (χ0) is 18.1. The van der Waals surface area contributed by atoms with Gasteiger partial charge in [0.05, 0.1) is 18.4 Å². The fraction of sp³-hybridized carbons (Fsp3) is 0.300. The molecule has 0 bridgehead atoms. The Morgan fingerprint density at radius 1 is 1.19 bits per heavy atom. The SMILES string of the molecule is CCOc1ccc([C@@H]2CC(c3ccc4c(c3)OCO4)=NN2C(C)=O)cc1. The fourth-order valence-corrected chi connectivity index (χ4v) is 3.26. The summed E-state index contributed by atoms with van der Waals surface area (Å²) in [7, 11) is 0. The van der Waals surface area contributed by atoms with Gasteiger partial charge in [0, 0.05) is 18.9 Å². The Bertz CT molecular complexity index is 861. The fourth-order valence-electron chi connectivity index (χ4n) is 3.26. The summed E-state index contributed by atoms with van der Waals surface area (Å²) in [6.07, 6.45) is 0.646. The summed E-state index contributed by atoms with van der Waals surface area (Å²) in [5.74, 6) is 2.18. The molecule has 0 N–H and O–H groups in total. The molecule has 0 aliphatic carbocycles. The number of amides is 1. The van der Waals surface area contributed by atoms with Gasteiger partial charge in [-0.25, -0.2) is 5.01 Å². The predicted molar refractivity (Wildman–Crippen MR) is 96.6 cm³/mol. The van der Waals surface area contributed by atoms with E-state index in [4.69, 9.17) is 14.2 Å². The third kappa shape index (κ3) is 2.98. The molecule has 2 aromatic carbocycles. The topological polar surface area (TPSA) is 60.4 Å². The standard InChI is InChI=1S/C20H20N2O4/c1-3-24-16-7-4-14(5-8-16)18-11-17(21-22(18)13(2)23)15-6-9-19-20(10-15)26-12-25-19/h4-10,18H,3,11-12H2,1-2H3/t18-/m0/s1. The Kier molecular flexibility index (Phi) is 4.24. The quantitative estimate of drug-likeness (QED) is 0.845. The number of hydrogen-bond acceptors (Lipinski definition) is 5. The molecule has 6 nitrogen and oxygen atoms in total. The Morgan fingerprint density at radius 2 is 1.96 bits per heavy atom. The summed E-state index contributed by atoms with van der Waals surface area (Å²) >= 11 is 0. The summed E-state index contributed by atoms with van der Waals surface area (Å²) < 4.78 is 16.3. The molecule has 1 amide bonds. The van der Waals surface area contributed by atoms with Gasteiger partial charge in [-0.3, -0.25) is 4.79 Å². The van der Waals surface area contributed by atoms with E-state index in [2.05, 4.69) is 5.10 Å². The summed E-state index contributed by atoms with van der Waals surface area (Å²) in [5.41, 5.74) is 2.83. The minimum Gasteiger partial charge on any atom is -0.494 e. The number of carbonyl (C=O) groups excluding carboxylic acids is 1. The van der Waals surface area contributed by atoms with Gasteiger partial charge in [0.25, 0.3) is 0 Å². The minimum atomic E-state index is -0.122. The largest absolute Gasteiger partial charge is 0.494 e. The first kappa shape index (κ1) is 16.4. The van der Waals surface area contributed by atoms with Gasteiger partial charge in [0.2, 0.25) is 12.7 Å². The van der Waals surface area contributed by atoms with Gasteiger partial charge in [-0.2, -0.15) is 5.10 Å². The van der Waals surface area contributed by atoms with Crippen LogP contribution in [0.2, 0.25) is 0 Å². The molecule has 0 unspecified atom stereocenters. The number of hydrazone groups is 1. The number of benzene rings is 2. The van der Waals surface area contributed by atoms with Crippen molar-refractivity contribution in [2.24, 2.45) is 5.10 Å². The lowest BCUT2D eigenvalue weighted by atomic mass is 9.98. The van der Waals surface area contributed by atoms with Crippen molar-refractivity contribution in [3.8, 4) is 17.2 Å². The zero-order valence-corrected chi connectivity index (χ0v) is 14.8. The van der Waals surface area contributed by atoms with Gasteiger partial charge in [-0.15, -0.1) is 0 Å². The summed E-state index contributed by atoms with van der Waals surface area (Å²) in [6, 6.07) is 13.5. The van der Waals surface area contributed by atoms with Crippen molar-refractivity contribution in [1.29, 1.82) is 0 Å². The minimum absolute atomic E-state index is 0.0837. The lowest BCUT2D eigenvalue weighted by Gasteiger charge is -2.20. The number of ether oxygens (including phenoxy) is 3. The van der Waals surface area contributed by atoms with Gasteiger partial charge in [0.15, 0.2) is 11.5 Å². The van der Waals surface area contributed by atoms with Crippen LogP contribution in [0.25, 0.3) is 0 Å². The molecule has 6 heteroatoms. The van der Waals surface area contributed by atoms with Crippen LogP contribution < -0.4 is 14.2 Å². The average molecular weight is 352 g/mol. The number of fused-ring (bicyclic) bond motifs is 1. The molecular formula is C20H20N2O4. The average Bonchev–Trinajstić information content (AvgIpc) is 3.29. The predicted octanol–water partition coefficient (Wildman–Crippen LogP) is 3.51. The van der Waals surface area contributed by atoms with Gasteiger partial charge < -0.3 is 14.2 Å². The molecule has 134 valence electrons. The van der Waals surface area contributed by atoms with Crippen LogP contribution in [0.1, 0.15) is 37.4 Å². The highest BCUT2D eigenvalue weighted by atomic mass is 16.7. The summed E-state index contributed by atoms with van der Waals surface area (Å²) in [6.45, 7) is 4.35. The number of carbonyl (C=O) groups is 1. The summed E-state index contributed by atoms with van der Waals surface area (Å²) in [4.78, 5) is 12.1. The number of nitrogens with zero attached hydrogens (tertiary/aromatic N) is 2. The second-order valence-corrected chi connectivity index (χ2v) is 6.20. The zero-order valence-electron chi connectivity index (χ0n) is 14.8. The first-order valence-electron chi connectivity index (χ1n) is 8.65. The summed E-state index contributed by atoms with van der Waals surface area (Å²) in [5, 5.41) is 6.12. The highest BCUT2D eigenvalue weighted by Crippen LogP contribution is 2.37. The van der Waals surface area contributed by atoms with E-state index >= 15 is 0 Å². The van der Waals surface area contributed by atoms with Crippen molar-refractivity contribution in [2.45, 2.75) is 26.3 Å². The van der Waals surface area contributed by atoms with Crippen LogP contribution in [0.3, 0.4) is 0 Å². The molecule has 0 radical (unpaired) electrons. The molecule has 0 saturated carbocycles. The molecule has 0 aromatic heterocycles. The van der Waals surface area contributed by atoms with Crippen LogP contribution in [0.15, 0.2) is 47.6 Å². The number of hydrogen-bond donors (Lipinski definition) is 0. The van der Waals surface area contributed by atoms with Crippen LogP contribution in [-0.4, -0.2) is 30.0 Å². The maximum atomic E-state index is 12.1. The van der Waals surface area contributed by atoms with Gasteiger partial charge in [-0.1, -0.05) is 12.1 Å². The molecule has 0 fully saturated rings. The molecule has 2 aliphatic rings. The maximum absolute atomic E-state index is 12.1. The normalized spacial score (nSPS) is 18.0. The van der Waals surface area contributed by atoms with Crippen LogP contribution in [0, 0.1) is 0 Å². The molecule has 1 atom stereocenters. The highest BCUT2D eigenvalue weighted by molar-refractivity contribution is 6.03. The third-order valence-corrected chi connectivity index (χ3v) is 4.51. The Balaban J connectivity index is 1.61. The molecule has 0 saturated heterocycles. The molecule has 4 rings (SSSR count). The van der Waals surface area contributed by atoms with E-state index in [1.54, 1.807) is 5.01 Å². The second kappa shape index (κ2) is 6.71. The highest BCUT2D eigenvalue weighted by Gasteiger charge is 2.32. The maximum Gasteiger partial charge on any atom is 0.240 e. The first-order valence-corrected chi connectivity index (χ1v) is 8.65. The molecule has 26 heavy (non-hydrogen) atoms. The van der Waals surface area contributed by atoms with Crippen molar-refractivity contribution in [2.75, 3.05) is 13.4 Å². The van der Waals surface area contributed by atoms with E-state index in [0.717, 1.165) is 28.3 Å². The van der Waals surface area contributed by atoms with Gasteiger partial charge in [-0.05, 0) is 42.8 Å². The Labute approximate surface area is 152 Å². The van der Waals surface area contributed by atoms with E-state index in [-0.39, 0.29) is 18.7 Å². The van der Waals surface area contributed by atoms with E-state index in [1.165, 1.54) is 6.92 Å². The molecule has 2 heterocycles. The molecule has 2 aliphatic heterocycles. The smallest absolute Gasteiger partial charge is 0.240 e. The number of rotatable bonds is 4. The van der Waals surface area contributed by atoms with Crippen LogP contribution in [-0.2, 0) is 4.79 Å². The van der Waals surface area contributed by atoms with E-state index in [1.807, 2.05) is 49.4 Å². The Hall–Kier alpha value is -3.02. The molecular weight excluding hydrogens is 332 g/mol. The van der Waals surface area contributed by atoms with Crippen LogP contribution in [0.4, 0.5) is 0 Å². The monoisotopic (exact) mass is 352 g/mol. The van der Waals surface area contributed by atoms with E-state index in [9.17, 15) is 4.79 Å². The third-order valence-electron chi connectivity index (χ3n) is 4.51. The van der Waals surface area contributed by atoms with Crippen LogP contribution >= 0.6 is 0 Å². The lowest BCUT2D eigenvalue weighted by molar-refractivity contribution is -0.130. The molecule has 2 aromatic rings. The second-order valence-electron chi connectivity index (χ2n) is 6.20. The van der Waals surface area contributed by atoms with E-state index in [0.29, 0.717) is 18.8 Å². The molecule has 0 spiro atoms. The van der Waals surface area contributed by atoms with Gasteiger partial charge in [0.1, 0.15) is 5.75 Å². The van der Waals surface area contributed by atoms with Crippen molar-refractivity contribution in [1.82, 2.24) is 5.01 Å². The first-order chi connectivity index (χ1) is 12.7. The van der Waals surface area contributed by atoms with Gasteiger partial charge >= 0.3 is 0 Å². The van der Waals surface area contributed by atoms with E-state index < -0.39 is 0 Å².